The van der Waals surface area contributed by atoms with Crippen molar-refractivity contribution in [2.75, 3.05) is 16.9 Å². The van der Waals surface area contributed by atoms with E-state index in [-0.39, 0.29) is 18.2 Å². The third-order valence-electron chi connectivity index (χ3n) is 4.71. The zero-order valence-corrected chi connectivity index (χ0v) is 15.2. The molecule has 1 aliphatic rings. The second-order valence-corrected chi connectivity index (χ2v) is 6.96. The van der Waals surface area contributed by atoms with E-state index in [0.717, 1.165) is 16.5 Å². The molecular formula is C21H18ClN3O2. The normalized spacial score (nSPS) is 16.6. The van der Waals surface area contributed by atoms with E-state index < -0.39 is 5.92 Å². The van der Waals surface area contributed by atoms with Gasteiger partial charge in [0.2, 0.25) is 11.8 Å². The lowest BCUT2D eigenvalue weighted by atomic mass is 10.1. The highest BCUT2D eigenvalue weighted by Gasteiger charge is 2.35. The minimum Gasteiger partial charge on any atom is -0.311 e. The zero-order valence-electron chi connectivity index (χ0n) is 14.5. The summed E-state index contributed by atoms with van der Waals surface area (Å²) in [6.07, 6.45) is 0.187. The molecule has 3 aromatic carbocycles. The van der Waals surface area contributed by atoms with Gasteiger partial charge < -0.3 is 4.90 Å². The van der Waals surface area contributed by atoms with Crippen LogP contribution in [0, 0.1) is 5.92 Å². The lowest BCUT2D eigenvalue weighted by molar-refractivity contribution is -0.125. The summed E-state index contributed by atoms with van der Waals surface area (Å²) in [5, 5.41) is 2.65. The number of hydrogen-bond acceptors (Lipinski definition) is 3. The van der Waals surface area contributed by atoms with Crippen LogP contribution in [-0.2, 0) is 9.59 Å². The van der Waals surface area contributed by atoms with E-state index in [0.29, 0.717) is 17.3 Å². The van der Waals surface area contributed by atoms with Crippen molar-refractivity contribution in [1.29, 1.82) is 0 Å². The Morgan fingerprint density at radius 1 is 1.04 bits per heavy atom. The number of anilines is 2. The quantitative estimate of drug-likeness (QED) is 0.674. The van der Waals surface area contributed by atoms with Crippen LogP contribution in [0.1, 0.15) is 6.42 Å². The summed E-state index contributed by atoms with van der Waals surface area (Å²) in [6, 6.07) is 20.8. The smallest absolute Gasteiger partial charge is 0.243 e. The fourth-order valence-corrected chi connectivity index (χ4v) is 3.55. The van der Waals surface area contributed by atoms with Crippen LogP contribution < -0.4 is 15.8 Å². The van der Waals surface area contributed by atoms with Crippen molar-refractivity contribution < 1.29 is 9.59 Å². The van der Waals surface area contributed by atoms with Gasteiger partial charge >= 0.3 is 0 Å². The fraction of sp³-hybridized carbons (Fsp3) is 0.143. The molecule has 136 valence electrons. The third kappa shape index (κ3) is 3.59. The van der Waals surface area contributed by atoms with Gasteiger partial charge in [-0.25, -0.2) is 0 Å². The van der Waals surface area contributed by atoms with Crippen molar-refractivity contribution in [3.05, 3.63) is 71.8 Å². The van der Waals surface area contributed by atoms with Gasteiger partial charge in [0.15, 0.2) is 0 Å². The zero-order chi connectivity index (χ0) is 18.8. The van der Waals surface area contributed by atoms with Gasteiger partial charge in [-0.3, -0.25) is 20.4 Å². The van der Waals surface area contributed by atoms with Gasteiger partial charge in [-0.2, -0.15) is 0 Å². The summed E-state index contributed by atoms with van der Waals surface area (Å²) in [5.41, 5.74) is 7.05. The summed E-state index contributed by atoms with van der Waals surface area (Å²) in [5.74, 6) is -0.677. The molecule has 0 saturated carbocycles. The maximum Gasteiger partial charge on any atom is 0.243 e. The minimum atomic E-state index is -0.414. The van der Waals surface area contributed by atoms with E-state index in [1.807, 2.05) is 42.5 Å². The number of carbonyl (C=O) groups excluding carboxylic acids is 2. The van der Waals surface area contributed by atoms with Crippen LogP contribution in [0.25, 0.3) is 10.8 Å². The van der Waals surface area contributed by atoms with E-state index >= 15 is 0 Å². The van der Waals surface area contributed by atoms with E-state index in [9.17, 15) is 9.59 Å². The van der Waals surface area contributed by atoms with Gasteiger partial charge in [0.25, 0.3) is 0 Å². The summed E-state index contributed by atoms with van der Waals surface area (Å²) in [4.78, 5) is 26.8. The third-order valence-corrected chi connectivity index (χ3v) is 4.94. The number of nitrogens with one attached hydrogen (secondary N) is 2. The first-order chi connectivity index (χ1) is 13.1. The first kappa shape index (κ1) is 17.4. The maximum absolute atomic E-state index is 12.6. The number of hydrazine groups is 1. The highest BCUT2D eigenvalue weighted by atomic mass is 35.5. The van der Waals surface area contributed by atoms with Gasteiger partial charge in [0.1, 0.15) is 0 Å². The predicted octanol–water partition coefficient (Wildman–Crippen LogP) is 3.99. The average molecular weight is 380 g/mol. The average Bonchev–Trinajstić information content (AvgIpc) is 3.07. The topological polar surface area (TPSA) is 61.4 Å². The summed E-state index contributed by atoms with van der Waals surface area (Å²) >= 11 is 5.94. The Hall–Kier alpha value is -3.05. The molecule has 0 aliphatic carbocycles. The Morgan fingerprint density at radius 3 is 2.67 bits per heavy atom. The monoisotopic (exact) mass is 379 g/mol. The van der Waals surface area contributed by atoms with Crippen LogP contribution in [0.3, 0.4) is 0 Å². The molecule has 1 aliphatic heterocycles. The lowest BCUT2D eigenvalue weighted by Crippen LogP contribution is -2.36. The Balaban J connectivity index is 1.48. The molecule has 1 saturated heterocycles. The highest BCUT2D eigenvalue weighted by Crippen LogP contribution is 2.31. The first-order valence-corrected chi connectivity index (χ1v) is 9.09. The van der Waals surface area contributed by atoms with E-state index in [4.69, 9.17) is 11.6 Å². The van der Waals surface area contributed by atoms with Gasteiger partial charge in [-0.05, 0) is 29.7 Å². The molecule has 2 N–H and O–H groups in total. The van der Waals surface area contributed by atoms with Crippen LogP contribution in [0.2, 0.25) is 5.02 Å². The van der Waals surface area contributed by atoms with Crippen LogP contribution in [-0.4, -0.2) is 18.4 Å². The first-order valence-electron chi connectivity index (χ1n) is 8.71. The van der Waals surface area contributed by atoms with Gasteiger partial charge in [-0.1, -0.05) is 54.1 Å². The molecule has 0 aromatic heterocycles. The van der Waals surface area contributed by atoms with Crippen LogP contribution in [0.4, 0.5) is 11.4 Å². The molecule has 1 fully saturated rings. The molecule has 0 bridgehead atoms. The molecular weight excluding hydrogens is 362 g/mol. The van der Waals surface area contributed by atoms with Gasteiger partial charge in [-0.15, -0.1) is 0 Å². The number of carbonyl (C=O) groups is 2. The van der Waals surface area contributed by atoms with E-state index in [1.165, 1.54) is 0 Å². The molecule has 2 amide bonds. The van der Waals surface area contributed by atoms with Crippen molar-refractivity contribution >= 4 is 45.6 Å². The molecule has 0 spiro atoms. The SMILES string of the molecule is O=C(NNc1cccc(Cl)c1)C1CC(=O)N(c2cccc3ccccc23)C1. The molecule has 1 atom stereocenters. The molecule has 27 heavy (non-hydrogen) atoms. The van der Waals surface area contributed by atoms with Crippen molar-refractivity contribution in [2.45, 2.75) is 6.42 Å². The lowest BCUT2D eigenvalue weighted by Gasteiger charge is -2.19. The maximum atomic E-state index is 12.6. The Morgan fingerprint density at radius 2 is 1.81 bits per heavy atom. The van der Waals surface area contributed by atoms with Crippen molar-refractivity contribution in [3.8, 4) is 0 Å². The number of benzene rings is 3. The molecule has 4 rings (SSSR count). The molecule has 3 aromatic rings. The number of nitrogens with zero attached hydrogens (tertiary/aromatic N) is 1. The van der Waals surface area contributed by atoms with Crippen molar-refractivity contribution in [3.63, 3.8) is 0 Å². The number of hydrogen-bond donors (Lipinski definition) is 2. The van der Waals surface area contributed by atoms with E-state index in [2.05, 4.69) is 10.9 Å². The predicted molar refractivity (Wildman–Crippen MR) is 108 cm³/mol. The number of fused-ring (bicyclic) bond motifs is 1. The molecule has 1 heterocycles. The van der Waals surface area contributed by atoms with E-state index in [1.54, 1.807) is 29.2 Å². The minimum absolute atomic E-state index is 0.0470. The highest BCUT2D eigenvalue weighted by molar-refractivity contribution is 6.30. The largest absolute Gasteiger partial charge is 0.311 e. The molecule has 1 unspecified atom stereocenters. The summed E-state index contributed by atoms with van der Waals surface area (Å²) < 4.78 is 0. The molecule has 5 nitrogen and oxygen atoms in total. The Labute approximate surface area is 161 Å². The number of amides is 2. The number of halogens is 1. The van der Waals surface area contributed by atoms with Crippen molar-refractivity contribution in [2.24, 2.45) is 5.92 Å². The summed E-state index contributed by atoms with van der Waals surface area (Å²) in [7, 11) is 0. The number of rotatable bonds is 4. The van der Waals surface area contributed by atoms with Crippen molar-refractivity contribution in [1.82, 2.24) is 5.43 Å². The Kier molecular flexibility index (Phi) is 4.69. The molecule has 0 radical (unpaired) electrons. The van der Waals surface area contributed by atoms with Crippen LogP contribution >= 0.6 is 11.6 Å². The fourth-order valence-electron chi connectivity index (χ4n) is 3.36. The second kappa shape index (κ2) is 7.29. The molecule has 6 heteroatoms. The van der Waals surface area contributed by atoms with Crippen LogP contribution in [0.5, 0.6) is 0 Å². The van der Waals surface area contributed by atoms with Crippen LogP contribution in [0.15, 0.2) is 66.7 Å². The standard InChI is InChI=1S/C21H18ClN3O2/c22-16-7-4-8-17(12-16)23-24-21(27)15-11-20(26)25(13-15)19-10-3-6-14-5-1-2-9-18(14)19/h1-10,12,15,23H,11,13H2,(H,24,27). The second-order valence-electron chi connectivity index (χ2n) is 6.53. The summed E-state index contributed by atoms with van der Waals surface area (Å²) in [6.45, 7) is 0.357. The van der Waals surface area contributed by atoms with Gasteiger partial charge in [0.05, 0.1) is 17.3 Å². The Bertz CT molecular complexity index is 1020. The van der Waals surface area contributed by atoms with Gasteiger partial charge in [0, 0.05) is 23.4 Å².